The summed E-state index contributed by atoms with van der Waals surface area (Å²) in [6.07, 6.45) is 3.65. The minimum Gasteiger partial charge on any atom is -0.378 e. The van der Waals surface area contributed by atoms with Crippen LogP contribution in [-0.4, -0.2) is 74.1 Å². The van der Waals surface area contributed by atoms with Crippen LogP contribution in [0.3, 0.4) is 0 Å². The van der Waals surface area contributed by atoms with Gasteiger partial charge in [-0.15, -0.1) is 0 Å². The van der Waals surface area contributed by atoms with Crippen molar-refractivity contribution in [1.29, 1.82) is 0 Å². The second kappa shape index (κ2) is 10.6. The zero-order valence-corrected chi connectivity index (χ0v) is 25.0. The Morgan fingerprint density at radius 2 is 1.71 bits per heavy atom. The maximum absolute atomic E-state index is 13.7. The van der Waals surface area contributed by atoms with E-state index in [-0.39, 0.29) is 29.1 Å². The number of hydrogen-bond donors (Lipinski definition) is 0. The number of carbonyl (C=O) groups is 1. The Kier molecular flexibility index (Phi) is 7.20. The van der Waals surface area contributed by atoms with Crippen molar-refractivity contribution in [3.05, 3.63) is 72.2 Å². The fourth-order valence-corrected chi connectivity index (χ4v) is 7.72. The molecule has 2 atom stereocenters. The molecule has 41 heavy (non-hydrogen) atoms. The number of carbonyl (C=O) groups excluding carboxylic acids is 1. The monoisotopic (exact) mass is 577 g/mol. The predicted molar refractivity (Wildman–Crippen MR) is 159 cm³/mol. The zero-order chi connectivity index (χ0) is 28.9. The molecule has 3 aliphatic rings. The Morgan fingerprint density at radius 3 is 2.27 bits per heavy atom. The lowest BCUT2D eigenvalue weighted by Gasteiger charge is -2.29. The van der Waals surface area contributed by atoms with Crippen LogP contribution in [0.15, 0.2) is 65.8 Å². The first-order valence-corrected chi connectivity index (χ1v) is 15.8. The van der Waals surface area contributed by atoms with Crippen LogP contribution in [0.1, 0.15) is 36.8 Å². The van der Waals surface area contributed by atoms with Gasteiger partial charge in [-0.05, 0) is 65.1 Å². The van der Waals surface area contributed by atoms with Crippen molar-refractivity contribution >= 4 is 27.4 Å². The van der Waals surface area contributed by atoms with Gasteiger partial charge in [0.15, 0.2) is 0 Å². The molecular weight excluding hydrogens is 538 g/mol. The number of hydrogen-bond acceptors (Lipinski definition) is 6. The van der Waals surface area contributed by atoms with E-state index < -0.39 is 10.0 Å². The number of benzene rings is 1. The van der Waals surface area contributed by atoms with E-state index in [4.69, 9.17) is 9.72 Å². The van der Waals surface area contributed by atoms with Crippen molar-refractivity contribution in [2.24, 2.45) is 24.8 Å². The number of ether oxygens (including phenoxy) is 1. The van der Waals surface area contributed by atoms with E-state index >= 15 is 0 Å². The van der Waals surface area contributed by atoms with Gasteiger partial charge < -0.3 is 19.1 Å². The van der Waals surface area contributed by atoms with Gasteiger partial charge in [0.1, 0.15) is 11.5 Å². The summed E-state index contributed by atoms with van der Waals surface area (Å²) in [6, 6.07) is 14.9. The van der Waals surface area contributed by atoms with Gasteiger partial charge >= 0.3 is 0 Å². The van der Waals surface area contributed by atoms with Crippen molar-refractivity contribution in [3.8, 4) is 0 Å². The highest BCUT2D eigenvalue weighted by Crippen LogP contribution is 2.53. The molecule has 0 bridgehead atoms. The van der Waals surface area contributed by atoms with Crippen LogP contribution in [0, 0.1) is 17.8 Å². The molecule has 3 aromatic rings. The Bertz CT molecular complexity index is 1490. The van der Waals surface area contributed by atoms with Gasteiger partial charge in [0.2, 0.25) is 10.0 Å². The molecule has 4 heterocycles. The third-order valence-corrected chi connectivity index (χ3v) is 10.7. The van der Waals surface area contributed by atoms with Gasteiger partial charge in [0.05, 0.1) is 30.0 Å². The number of sulfonamides is 1. The fraction of sp³-hybridized carbons (Fsp3) is 0.484. The summed E-state index contributed by atoms with van der Waals surface area (Å²) in [5, 5.41) is 0. The molecule has 6 rings (SSSR count). The number of aryl methyl sites for hydroxylation is 1. The number of fused-ring (bicyclic) bond motifs is 1. The predicted octanol–water partition coefficient (Wildman–Crippen LogP) is 3.77. The van der Waals surface area contributed by atoms with Gasteiger partial charge in [-0.25, -0.2) is 13.4 Å². The second-order valence-electron chi connectivity index (χ2n) is 12.5. The smallest absolute Gasteiger partial charge is 0.274 e. The number of nitrogens with zero attached hydrogens (tertiary/aromatic N) is 5. The van der Waals surface area contributed by atoms with Crippen molar-refractivity contribution in [1.82, 2.24) is 13.9 Å². The lowest BCUT2D eigenvalue weighted by atomic mass is 9.87. The van der Waals surface area contributed by atoms with Gasteiger partial charge in [-0.3, -0.25) is 4.79 Å². The lowest BCUT2D eigenvalue weighted by molar-refractivity contribution is 0.0976. The molecular formula is C31H39N5O4S. The van der Waals surface area contributed by atoms with E-state index in [1.165, 1.54) is 0 Å². The third-order valence-electron chi connectivity index (χ3n) is 8.88. The van der Waals surface area contributed by atoms with Crippen molar-refractivity contribution in [2.45, 2.75) is 31.1 Å². The largest absolute Gasteiger partial charge is 0.378 e. The lowest BCUT2D eigenvalue weighted by Crippen LogP contribution is -2.38. The Hall–Kier alpha value is -3.21. The molecule has 2 unspecified atom stereocenters. The minimum atomic E-state index is -3.55. The summed E-state index contributed by atoms with van der Waals surface area (Å²) in [4.78, 5) is 22.8. The van der Waals surface area contributed by atoms with Crippen molar-refractivity contribution in [2.75, 3.05) is 55.7 Å². The first-order valence-electron chi connectivity index (χ1n) is 14.4. The molecule has 1 aromatic carbocycles. The van der Waals surface area contributed by atoms with E-state index in [0.717, 1.165) is 30.2 Å². The molecule has 218 valence electrons. The van der Waals surface area contributed by atoms with Crippen LogP contribution in [0.25, 0.3) is 0 Å². The summed E-state index contributed by atoms with van der Waals surface area (Å²) >= 11 is 0. The van der Waals surface area contributed by atoms with Crippen LogP contribution < -0.4 is 9.80 Å². The highest BCUT2D eigenvalue weighted by Gasteiger charge is 2.58. The molecule has 3 fully saturated rings. The Balaban J connectivity index is 1.16. The number of rotatable bonds is 7. The van der Waals surface area contributed by atoms with Crippen LogP contribution in [0.4, 0.5) is 11.5 Å². The minimum absolute atomic E-state index is 0.0359. The van der Waals surface area contributed by atoms with E-state index in [9.17, 15) is 13.2 Å². The summed E-state index contributed by atoms with van der Waals surface area (Å²) in [6.45, 7) is 10.8. The topological polar surface area (TPSA) is 88.0 Å². The van der Waals surface area contributed by atoms with E-state index in [0.29, 0.717) is 43.4 Å². The average Bonchev–Trinajstić information content (AvgIpc) is 3.26. The van der Waals surface area contributed by atoms with Crippen LogP contribution in [0.5, 0.6) is 0 Å². The maximum atomic E-state index is 13.7. The maximum Gasteiger partial charge on any atom is 0.274 e. The highest BCUT2D eigenvalue weighted by atomic mass is 32.2. The third kappa shape index (κ3) is 5.40. The van der Waals surface area contributed by atoms with Crippen molar-refractivity contribution in [3.63, 3.8) is 0 Å². The molecule has 2 aliphatic heterocycles. The molecule has 10 heteroatoms. The molecule has 1 aliphatic carbocycles. The van der Waals surface area contributed by atoms with Gasteiger partial charge in [-0.1, -0.05) is 32.9 Å². The summed E-state index contributed by atoms with van der Waals surface area (Å²) in [7, 11) is -1.69. The van der Waals surface area contributed by atoms with Crippen molar-refractivity contribution < 1.29 is 17.9 Å². The normalized spacial score (nSPS) is 22.9. The highest BCUT2D eigenvalue weighted by molar-refractivity contribution is 7.89. The summed E-state index contributed by atoms with van der Waals surface area (Å²) in [5.74, 6) is 1.52. The average molecular weight is 578 g/mol. The number of aromatic nitrogens is 2. The van der Waals surface area contributed by atoms with Crippen LogP contribution >= 0.6 is 0 Å². The van der Waals surface area contributed by atoms with Gasteiger partial charge in [0, 0.05) is 46.0 Å². The molecule has 1 saturated carbocycles. The van der Waals surface area contributed by atoms with E-state index in [1.54, 1.807) is 22.6 Å². The second-order valence-corrected chi connectivity index (χ2v) is 14.4. The number of amides is 1. The number of anilines is 2. The molecule has 2 saturated heterocycles. The van der Waals surface area contributed by atoms with Crippen LogP contribution in [-0.2, 0) is 27.2 Å². The standard InChI is InChI=1S/C31H39N5O4S/c1-31(2,3)22-7-10-24(11-8-22)41(38,39)35-19-25-26(20-35)27(25)21-36(30(37)28-6-5-13-33(28)4)23-9-12-29(32-18-23)34-14-16-40-17-15-34/h5-13,18,25-27H,14-17,19-21H2,1-4H3. The van der Waals surface area contributed by atoms with Gasteiger partial charge in [-0.2, -0.15) is 4.31 Å². The SMILES string of the molecule is Cn1cccc1C(=O)N(CC1C2CN(S(=O)(=O)c3ccc(C(C)(C)C)cc3)CC12)c1ccc(N2CCOCC2)nc1. The van der Waals surface area contributed by atoms with E-state index in [1.807, 2.05) is 59.1 Å². The zero-order valence-electron chi connectivity index (χ0n) is 24.2. The first kappa shape index (κ1) is 27.9. The quantitative estimate of drug-likeness (QED) is 0.425. The summed E-state index contributed by atoms with van der Waals surface area (Å²) < 4.78 is 35.7. The number of morpholine rings is 1. The summed E-state index contributed by atoms with van der Waals surface area (Å²) in [5.41, 5.74) is 2.43. The number of pyridine rings is 1. The van der Waals surface area contributed by atoms with Gasteiger partial charge in [0.25, 0.3) is 5.91 Å². The van der Waals surface area contributed by atoms with E-state index in [2.05, 4.69) is 25.7 Å². The fourth-order valence-electron chi connectivity index (χ4n) is 6.21. The molecule has 1 amide bonds. The molecule has 0 N–H and O–H groups in total. The first-order chi connectivity index (χ1) is 19.5. The number of piperidine rings is 1. The molecule has 2 aromatic heterocycles. The molecule has 9 nitrogen and oxygen atoms in total. The van der Waals surface area contributed by atoms with Crippen LogP contribution in [0.2, 0.25) is 0 Å². The molecule has 0 radical (unpaired) electrons. The molecule has 0 spiro atoms. The Morgan fingerprint density at radius 1 is 1.02 bits per heavy atom. The Labute approximate surface area is 242 Å².